The summed E-state index contributed by atoms with van der Waals surface area (Å²) in [4.78, 5) is 2.51. The van der Waals surface area contributed by atoms with Crippen molar-refractivity contribution in [1.82, 2.24) is 5.32 Å². The molecule has 0 bridgehead atoms. The standard InChI is InChI=1S/C16H15BrClNS/c17-12-1-8-16(11(9-12)10-19-14-4-5-14)20-15-6-2-13(18)3-7-15/h1-3,6-9,14,19H,4-5,10H2. The van der Waals surface area contributed by atoms with Crippen LogP contribution in [0, 0.1) is 0 Å². The van der Waals surface area contributed by atoms with Gasteiger partial charge in [0.05, 0.1) is 0 Å². The Hall–Kier alpha value is -0.480. The molecule has 0 spiro atoms. The predicted molar refractivity (Wildman–Crippen MR) is 89.6 cm³/mol. The molecule has 2 aromatic rings. The lowest BCUT2D eigenvalue weighted by Gasteiger charge is -2.11. The van der Waals surface area contributed by atoms with Crippen LogP contribution >= 0.6 is 39.3 Å². The van der Waals surface area contributed by atoms with Gasteiger partial charge in [-0.15, -0.1) is 0 Å². The molecular formula is C16H15BrClNS. The monoisotopic (exact) mass is 367 g/mol. The van der Waals surface area contributed by atoms with Gasteiger partial charge in [0.25, 0.3) is 0 Å². The van der Waals surface area contributed by atoms with Gasteiger partial charge in [0.15, 0.2) is 0 Å². The number of rotatable bonds is 5. The van der Waals surface area contributed by atoms with Crippen molar-refractivity contribution in [2.45, 2.75) is 35.2 Å². The lowest BCUT2D eigenvalue weighted by atomic mass is 10.2. The highest BCUT2D eigenvalue weighted by Crippen LogP contribution is 2.33. The molecule has 0 heterocycles. The maximum atomic E-state index is 5.93. The van der Waals surface area contributed by atoms with Crippen molar-refractivity contribution in [2.24, 2.45) is 0 Å². The maximum absolute atomic E-state index is 5.93. The Balaban J connectivity index is 1.77. The molecule has 1 N–H and O–H groups in total. The molecule has 1 nitrogen and oxygen atoms in total. The first-order valence-electron chi connectivity index (χ1n) is 6.66. The average Bonchev–Trinajstić information content (AvgIpc) is 3.25. The van der Waals surface area contributed by atoms with Gasteiger partial charge in [0.2, 0.25) is 0 Å². The largest absolute Gasteiger partial charge is 0.310 e. The smallest absolute Gasteiger partial charge is 0.0406 e. The van der Waals surface area contributed by atoms with Crippen LogP contribution in [0.25, 0.3) is 0 Å². The molecule has 0 aliphatic heterocycles. The van der Waals surface area contributed by atoms with Gasteiger partial charge in [-0.05, 0) is 60.9 Å². The Morgan fingerprint density at radius 1 is 1.15 bits per heavy atom. The second-order valence-corrected chi connectivity index (χ2v) is 7.43. The summed E-state index contributed by atoms with van der Waals surface area (Å²) in [6, 6.07) is 15.2. The first-order chi connectivity index (χ1) is 9.70. The minimum absolute atomic E-state index is 0.724. The van der Waals surface area contributed by atoms with Gasteiger partial charge in [-0.1, -0.05) is 39.3 Å². The third-order valence-corrected chi connectivity index (χ3v) is 5.09. The van der Waals surface area contributed by atoms with Crippen molar-refractivity contribution in [2.75, 3.05) is 0 Å². The summed E-state index contributed by atoms with van der Waals surface area (Å²) in [6.07, 6.45) is 2.63. The molecule has 0 atom stereocenters. The molecule has 0 aromatic heterocycles. The molecule has 3 rings (SSSR count). The number of halogens is 2. The minimum Gasteiger partial charge on any atom is -0.310 e. The average molecular weight is 369 g/mol. The highest BCUT2D eigenvalue weighted by atomic mass is 79.9. The molecule has 0 unspecified atom stereocenters. The summed E-state index contributed by atoms with van der Waals surface area (Å²) in [5, 5.41) is 4.36. The molecule has 1 fully saturated rings. The van der Waals surface area contributed by atoms with Crippen LogP contribution in [0.4, 0.5) is 0 Å². The van der Waals surface area contributed by atoms with Crippen molar-refractivity contribution in [3.05, 3.63) is 57.5 Å². The lowest BCUT2D eigenvalue weighted by molar-refractivity contribution is 0.680. The van der Waals surface area contributed by atoms with Crippen LogP contribution in [0.5, 0.6) is 0 Å². The van der Waals surface area contributed by atoms with Crippen LogP contribution in [-0.2, 0) is 6.54 Å². The van der Waals surface area contributed by atoms with Crippen LogP contribution in [-0.4, -0.2) is 6.04 Å². The fourth-order valence-electron chi connectivity index (χ4n) is 1.96. The van der Waals surface area contributed by atoms with E-state index in [4.69, 9.17) is 11.6 Å². The number of nitrogens with one attached hydrogen (secondary N) is 1. The molecule has 4 heteroatoms. The number of hydrogen-bond donors (Lipinski definition) is 1. The molecular weight excluding hydrogens is 354 g/mol. The Morgan fingerprint density at radius 2 is 1.90 bits per heavy atom. The summed E-state index contributed by atoms with van der Waals surface area (Å²) in [7, 11) is 0. The molecule has 2 aromatic carbocycles. The summed E-state index contributed by atoms with van der Waals surface area (Å²) >= 11 is 11.3. The third-order valence-electron chi connectivity index (χ3n) is 3.22. The van der Waals surface area contributed by atoms with E-state index < -0.39 is 0 Å². The summed E-state index contributed by atoms with van der Waals surface area (Å²) in [5.74, 6) is 0. The molecule has 0 saturated heterocycles. The molecule has 0 radical (unpaired) electrons. The van der Waals surface area contributed by atoms with Gasteiger partial charge < -0.3 is 5.32 Å². The van der Waals surface area contributed by atoms with Crippen LogP contribution in [0.3, 0.4) is 0 Å². The van der Waals surface area contributed by atoms with Crippen molar-refractivity contribution in [1.29, 1.82) is 0 Å². The molecule has 104 valence electrons. The van der Waals surface area contributed by atoms with E-state index >= 15 is 0 Å². The number of benzene rings is 2. The highest BCUT2D eigenvalue weighted by molar-refractivity contribution is 9.10. The van der Waals surface area contributed by atoms with Crippen LogP contribution in [0.2, 0.25) is 5.02 Å². The van der Waals surface area contributed by atoms with Crippen LogP contribution < -0.4 is 5.32 Å². The second kappa shape index (κ2) is 6.52. The highest BCUT2D eigenvalue weighted by Gasteiger charge is 2.20. The fraction of sp³-hybridized carbons (Fsp3) is 0.250. The van der Waals surface area contributed by atoms with Crippen molar-refractivity contribution in [3.63, 3.8) is 0 Å². The summed E-state index contributed by atoms with van der Waals surface area (Å²) in [5.41, 5.74) is 1.34. The van der Waals surface area contributed by atoms with Crippen molar-refractivity contribution < 1.29 is 0 Å². The quantitative estimate of drug-likeness (QED) is 0.747. The molecule has 0 amide bonds. The van der Waals surface area contributed by atoms with E-state index in [1.807, 2.05) is 12.1 Å². The topological polar surface area (TPSA) is 12.0 Å². The van der Waals surface area contributed by atoms with E-state index in [9.17, 15) is 0 Å². The Labute approximate surface area is 137 Å². The Bertz CT molecular complexity index is 596. The molecule has 1 saturated carbocycles. The van der Waals surface area contributed by atoms with E-state index in [-0.39, 0.29) is 0 Å². The molecule has 20 heavy (non-hydrogen) atoms. The van der Waals surface area contributed by atoms with E-state index in [2.05, 4.69) is 51.6 Å². The first-order valence-corrected chi connectivity index (χ1v) is 8.65. The SMILES string of the molecule is Clc1ccc(Sc2ccc(Br)cc2CNC2CC2)cc1. The van der Waals surface area contributed by atoms with E-state index in [1.54, 1.807) is 11.8 Å². The minimum atomic E-state index is 0.724. The van der Waals surface area contributed by atoms with Gasteiger partial charge in [-0.3, -0.25) is 0 Å². The zero-order chi connectivity index (χ0) is 13.9. The first kappa shape index (κ1) is 14.5. The normalized spacial score (nSPS) is 14.5. The maximum Gasteiger partial charge on any atom is 0.0406 e. The van der Waals surface area contributed by atoms with E-state index in [0.717, 1.165) is 22.1 Å². The number of hydrogen-bond acceptors (Lipinski definition) is 2. The van der Waals surface area contributed by atoms with Crippen LogP contribution in [0.1, 0.15) is 18.4 Å². The Kier molecular flexibility index (Phi) is 4.72. The molecule has 1 aliphatic rings. The van der Waals surface area contributed by atoms with Gasteiger partial charge in [0.1, 0.15) is 0 Å². The van der Waals surface area contributed by atoms with Crippen LogP contribution in [0.15, 0.2) is 56.7 Å². The predicted octanol–water partition coefficient (Wildman–Crippen LogP) is 5.51. The zero-order valence-corrected chi connectivity index (χ0v) is 14.1. The Morgan fingerprint density at radius 3 is 2.60 bits per heavy atom. The summed E-state index contributed by atoms with van der Waals surface area (Å²) < 4.78 is 1.13. The summed E-state index contributed by atoms with van der Waals surface area (Å²) in [6.45, 7) is 0.931. The second-order valence-electron chi connectivity index (χ2n) is 4.96. The fourth-order valence-corrected chi connectivity index (χ4v) is 3.42. The van der Waals surface area contributed by atoms with Gasteiger partial charge in [-0.25, -0.2) is 0 Å². The van der Waals surface area contributed by atoms with Crippen molar-refractivity contribution >= 4 is 39.3 Å². The van der Waals surface area contributed by atoms with Gasteiger partial charge in [-0.2, -0.15) is 0 Å². The molecule has 1 aliphatic carbocycles. The van der Waals surface area contributed by atoms with E-state index in [0.29, 0.717) is 0 Å². The van der Waals surface area contributed by atoms with Gasteiger partial charge >= 0.3 is 0 Å². The lowest BCUT2D eigenvalue weighted by Crippen LogP contribution is -2.15. The zero-order valence-electron chi connectivity index (χ0n) is 10.9. The van der Waals surface area contributed by atoms with Gasteiger partial charge in [0, 0.05) is 31.9 Å². The third kappa shape index (κ3) is 4.01. The van der Waals surface area contributed by atoms with E-state index in [1.165, 1.54) is 28.2 Å². The van der Waals surface area contributed by atoms with Crippen molar-refractivity contribution in [3.8, 4) is 0 Å².